The first-order chi connectivity index (χ1) is 8.27. The molecule has 1 aliphatic heterocycles. The summed E-state index contributed by atoms with van der Waals surface area (Å²) in [6, 6.07) is 7.88. The second-order valence-electron chi connectivity index (χ2n) is 3.63. The van der Waals surface area contributed by atoms with E-state index in [2.05, 4.69) is 6.58 Å². The molecule has 4 heteroatoms. The van der Waals surface area contributed by atoms with Crippen molar-refractivity contribution in [1.29, 1.82) is 0 Å². The molecule has 0 fully saturated rings. The molecule has 1 aromatic rings. The van der Waals surface area contributed by atoms with Gasteiger partial charge in [0, 0.05) is 4.90 Å². The Morgan fingerprint density at radius 2 is 2.35 bits per heavy atom. The van der Waals surface area contributed by atoms with Gasteiger partial charge in [-0.05, 0) is 25.5 Å². The van der Waals surface area contributed by atoms with Crippen molar-refractivity contribution in [2.45, 2.75) is 23.6 Å². The van der Waals surface area contributed by atoms with Gasteiger partial charge < -0.3 is 4.74 Å². The van der Waals surface area contributed by atoms with Gasteiger partial charge in [0.05, 0.1) is 17.7 Å². The van der Waals surface area contributed by atoms with Gasteiger partial charge in [-0.2, -0.15) is 0 Å². The number of carbonyl (C=O) groups is 1. The second-order valence-corrected chi connectivity index (χ2v) is 4.85. The summed E-state index contributed by atoms with van der Waals surface area (Å²) in [5.74, 6) is 0. The van der Waals surface area contributed by atoms with Crippen molar-refractivity contribution in [1.82, 2.24) is 0 Å². The number of fused-ring (bicyclic) bond motifs is 1. The summed E-state index contributed by atoms with van der Waals surface area (Å²) in [4.78, 5) is 14.8. The van der Waals surface area contributed by atoms with E-state index in [1.165, 1.54) is 0 Å². The summed E-state index contributed by atoms with van der Waals surface area (Å²) in [5.41, 5.74) is 0.933. The zero-order valence-electron chi connectivity index (χ0n) is 9.76. The third kappa shape index (κ3) is 2.31. The number of hydrogen-bond donors (Lipinski definition) is 0. The highest BCUT2D eigenvalue weighted by molar-refractivity contribution is 8.00. The lowest BCUT2D eigenvalue weighted by molar-refractivity contribution is 0.159. The van der Waals surface area contributed by atoms with Crippen LogP contribution in [0.4, 0.5) is 10.5 Å². The van der Waals surface area contributed by atoms with Crippen molar-refractivity contribution in [3.05, 3.63) is 36.9 Å². The zero-order valence-corrected chi connectivity index (χ0v) is 10.6. The van der Waals surface area contributed by atoms with Crippen LogP contribution < -0.4 is 4.90 Å². The predicted octanol–water partition coefficient (Wildman–Crippen LogP) is 3.66. The molecule has 1 atom stereocenters. The van der Waals surface area contributed by atoms with Crippen molar-refractivity contribution in [3.63, 3.8) is 0 Å². The van der Waals surface area contributed by atoms with Crippen molar-refractivity contribution >= 4 is 23.5 Å². The first kappa shape index (κ1) is 12.0. The number of rotatable bonds is 3. The maximum atomic E-state index is 11.9. The van der Waals surface area contributed by atoms with Crippen molar-refractivity contribution < 1.29 is 9.53 Å². The summed E-state index contributed by atoms with van der Waals surface area (Å²) < 4.78 is 5.10. The highest BCUT2D eigenvalue weighted by atomic mass is 32.2. The summed E-state index contributed by atoms with van der Waals surface area (Å²) in [5, 5.41) is 0.0592. The Morgan fingerprint density at radius 3 is 3.06 bits per heavy atom. The molecule has 0 aromatic heterocycles. The fraction of sp³-hybridized carbons (Fsp3) is 0.308. The van der Waals surface area contributed by atoms with Gasteiger partial charge in [-0.3, -0.25) is 4.90 Å². The van der Waals surface area contributed by atoms with Gasteiger partial charge in [-0.1, -0.05) is 30.0 Å². The van der Waals surface area contributed by atoms with E-state index in [4.69, 9.17) is 4.74 Å². The molecule has 3 nitrogen and oxygen atoms in total. The Labute approximate surface area is 105 Å². The maximum Gasteiger partial charge on any atom is 0.415 e. The van der Waals surface area contributed by atoms with Gasteiger partial charge in [0.15, 0.2) is 0 Å². The largest absolute Gasteiger partial charge is 0.449 e. The average Bonchev–Trinajstić information content (AvgIpc) is 2.67. The molecule has 1 unspecified atom stereocenters. The molecular formula is C13H15NO2S. The third-order valence-electron chi connectivity index (χ3n) is 2.51. The maximum absolute atomic E-state index is 11.9. The van der Waals surface area contributed by atoms with Crippen molar-refractivity contribution in [2.75, 3.05) is 11.5 Å². The Balaban J connectivity index is 2.29. The number of anilines is 1. The van der Waals surface area contributed by atoms with E-state index in [1.807, 2.05) is 37.3 Å². The van der Waals surface area contributed by atoms with E-state index in [1.54, 1.807) is 16.7 Å². The van der Waals surface area contributed by atoms with E-state index in [9.17, 15) is 4.79 Å². The van der Waals surface area contributed by atoms with E-state index in [0.717, 1.165) is 17.0 Å². The van der Waals surface area contributed by atoms with Gasteiger partial charge in [-0.15, -0.1) is 6.58 Å². The molecular weight excluding hydrogens is 234 g/mol. The topological polar surface area (TPSA) is 29.5 Å². The fourth-order valence-corrected chi connectivity index (χ4v) is 3.09. The minimum atomic E-state index is -0.281. The molecule has 0 saturated heterocycles. The smallest absolute Gasteiger partial charge is 0.415 e. The number of carbonyl (C=O) groups excluding carboxylic acids is 1. The molecule has 2 rings (SSSR count). The zero-order chi connectivity index (χ0) is 12.3. The molecule has 0 saturated carbocycles. The molecule has 0 N–H and O–H groups in total. The number of para-hydroxylation sites is 1. The minimum Gasteiger partial charge on any atom is -0.449 e. The molecule has 90 valence electrons. The van der Waals surface area contributed by atoms with Crippen LogP contribution in [0.5, 0.6) is 0 Å². The second kappa shape index (κ2) is 5.27. The highest BCUT2D eigenvalue weighted by Gasteiger charge is 2.34. The van der Waals surface area contributed by atoms with E-state index < -0.39 is 0 Å². The van der Waals surface area contributed by atoms with E-state index in [-0.39, 0.29) is 11.5 Å². The average molecular weight is 249 g/mol. The first-order valence-corrected chi connectivity index (χ1v) is 6.48. The number of nitrogens with zero attached hydrogens (tertiary/aromatic N) is 1. The molecule has 1 amide bonds. The number of benzene rings is 1. The highest BCUT2D eigenvalue weighted by Crippen LogP contribution is 2.44. The first-order valence-electron chi connectivity index (χ1n) is 5.60. The fourth-order valence-electron chi connectivity index (χ4n) is 1.82. The van der Waals surface area contributed by atoms with Gasteiger partial charge in [0.2, 0.25) is 0 Å². The van der Waals surface area contributed by atoms with Crippen LogP contribution in [0.15, 0.2) is 41.8 Å². The Bertz CT molecular complexity index is 433. The predicted molar refractivity (Wildman–Crippen MR) is 70.4 cm³/mol. The van der Waals surface area contributed by atoms with Crippen molar-refractivity contribution in [3.8, 4) is 0 Å². The normalized spacial score (nSPS) is 17.7. The lowest BCUT2D eigenvalue weighted by atomic mass is 10.3. The number of ether oxygens (including phenoxy) is 1. The van der Waals surface area contributed by atoms with Gasteiger partial charge in [-0.25, -0.2) is 4.79 Å². The lowest BCUT2D eigenvalue weighted by Gasteiger charge is -2.22. The minimum absolute atomic E-state index is 0.0592. The van der Waals surface area contributed by atoms with Gasteiger partial charge >= 0.3 is 6.09 Å². The standard InChI is InChI=1S/C13H15NO2S/c1-3-7-12-14(13(15)16-4-2)10-8-5-6-9-11(10)17-12/h3,5-6,8-9,12H,1,4,7H2,2H3. The molecule has 0 spiro atoms. The van der Waals surface area contributed by atoms with Crippen LogP contribution in [0.25, 0.3) is 0 Å². The van der Waals surface area contributed by atoms with Crippen LogP contribution in [0, 0.1) is 0 Å². The van der Waals surface area contributed by atoms with E-state index in [0.29, 0.717) is 6.61 Å². The van der Waals surface area contributed by atoms with Crippen molar-refractivity contribution in [2.24, 2.45) is 0 Å². The summed E-state index contributed by atoms with van der Waals surface area (Å²) in [7, 11) is 0. The SMILES string of the molecule is C=CCC1Sc2ccccc2N1C(=O)OCC. The summed E-state index contributed by atoms with van der Waals surface area (Å²) >= 11 is 1.68. The molecule has 17 heavy (non-hydrogen) atoms. The molecule has 0 radical (unpaired) electrons. The molecule has 0 aliphatic carbocycles. The lowest BCUT2D eigenvalue weighted by Crippen LogP contribution is -2.35. The Hall–Kier alpha value is -1.42. The van der Waals surface area contributed by atoms with Crippen LogP contribution in [-0.4, -0.2) is 18.1 Å². The van der Waals surface area contributed by atoms with Gasteiger partial charge in [0.1, 0.15) is 0 Å². The number of hydrogen-bond acceptors (Lipinski definition) is 3. The molecule has 1 aliphatic rings. The summed E-state index contributed by atoms with van der Waals surface area (Å²) in [6.07, 6.45) is 2.30. The molecule has 1 aromatic carbocycles. The van der Waals surface area contributed by atoms with Crippen LogP contribution >= 0.6 is 11.8 Å². The number of amides is 1. The third-order valence-corrected chi connectivity index (χ3v) is 3.78. The Morgan fingerprint density at radius 1 is 1.59 bits per heavy atom. The summed E-state index contributed by atoms with van der Waals surface area (Å²) in [6.45, 7) is 5.94. The van der Waals surface area contributed by atoms with Crippen LogP contribution in [-0.2, 0) is 4.74 Å². The molecule has 1 heterocycles. The van der Waals surface area contributed by atoms with Gasteiger partial charge in [0.25, 0.3) is 0 Å². The van der Waals surface area contributed by atoms with Crippen LogP contribution in [0.1, 0.15) is 13.3 Å². The monoisotopic (exact) mass is 249 g/mol. The van der Waals surface area contributed by atoms with Crippen LogP contribution in [0.3, 0.4) is 0 Å². The quantitative estimate of drug-likeness (QED) is 0.766. The van der Waals surface area contributed by atoms with Crippen LogP contribution in [0.2, 0.25) is 0 Å². The Kier molecular flexibility index (Phi) is 3.74. The molecule has 0 bridgehead atoms. The number of thioether (sulfide) groups is 1. The van der Waals surface area contributed by atoms with E-state index >= 15 is 0 Å².